The maximum Gasteiger partial charge on any atom is 0.223 e. The van der Waals surface area contributed by atoms with Crippen molar-refractivity contribution >= 4 is 22.2 Å². The molecule has 1 amide bonds. The van der Waals surface area contributed by atoms with Crippen molar-refractivity contribution in [1.82, 2.24) is 19.6 Å². The lowest BCUT2D eigenvalue weighted by molar-refractivity contribution is -0.129. The molecule has 0 aliphatic carbocycles. The highest BCUT2D eigenvalue weighted by Gasteiger charge is 2.31. The molecule has 0 spiro atoms. The summed E-state index contributed by atoms with van der Waals surface area (Å²) in [6.07, 6.45) is 4.45. The largest absolute Gasteiger partial charge is 0.492 e. The van der Waals surface area contributed by atoms with E-state index < -0.39 is 0 Å². The summed E-state index contributed by atoms with van der Waals surface area (Å²) >= 11 is 1.62. The van der Waals surface area contributed by atoms with Gasteiger partial charge in [0.05, 0.1) is 12.2 Å². The van der Waals surface area contributed by atoms with E-state index in [4.69, 9.17) is 4.74 Å². The van der Waals surface area contributed by atoms with Gasteiger partial charge >= 0.3 is 0 Å². The zero-order valence-corrected chi connectivity index (χ0v) is 17.3. The fourth-order valence-corrected chi connectivity index (χ4v) is 4.54. The second kappa shape index (κ2) is 8.92. The quantitative estimate of drug-likeness (QED) is 0.543. The van der Waals surface area contributed by atoms with Gasteiger partial charge in [0, 0.05) is 36.3 Å². The first kappa shape index (κ1) is 19.8. The van der Waals surface area contributed by atoms with Crippen LogP contribution in [0, 0.1) is 12.7 Å². The van der Waals surface area contributed by atoms with Crippen molar-refractivity contribution in [3.8, 4) is 5.75 Å². The van der Waals surface area contributed by atoms with Crippen molar-refractivity contribution in [2.24, 2.45) is 0 Å². The molecule has 3 heterocycles. The van der Waals surface area contributed by atoms with Gasteiger partial charge in [-0.3, -0.25) is 9.20 Å². The summed E-state index contributed by atoms with van der Waals surface area (Å²) in [6, 6.07) is 6.27. The Kier molecular flexibility index (Phi) is 6.10. The van der Waals surface area contributed by atoms with Gasteiger partial charge < -0.3 is 15.0 Å². The molecule has 1 aliphatic rings. The highest BCUT2D eigenvalue weighted by Crippen LogP contribution is 2.24. The third kappa shape index (κ3) is 4.76. The summed E-state index contributed by atoms with van der Waals surface area (Å²) < 4.78 is 20.5. The molecule has 1 atom stereocenters. The van der Waals surface area contributed by atoms with Gasteiger partial charge in [0.15, 0.2) is 4.96 Å². The summed E-state index contributed by atoms with van der Waals surface area (Å²) in [7, 11) is 0. The van der Waals surface area contributed by atoms with E-state index in [-0.39, 0.29) is 17.8 Å². The molecule has 1 aliphatic heterocycles. The van der Waals surface area contributed by atoms with E-state index in [0.717, 1.165) is 30.0 Å². The second-order valence-electron chi connectivity index (χ2n) is 7.32. The summed E-state index contributed by atoms with van der Waals surface area (Å²) in [5.41, 5.74) is 2.11. The Hall–Kier alpha value is -2.45. The number of halogens is 1. The lowest BCUT2D eigenvalue weighted by atomic mass is 10.1. The molecule has 1 fully saturated rings. The van der Waals surface area contributed by atoms with Crippen LogP contribution in [0.1, 0.15) is 30.7 Å². The molecular weight excluding hydrogens is 391 g/mol. The van der Waals surface area contributed by atoms with Crippen molar-refractivity contribution in [2.45, 2.75) is 38.8 Å². The standard InChI is InChI=1S/C21H25FN4O2S/c1-15-14-29-21-24-17(12-25(15)21)13-26-18(4-7-20(26)27)8-9-23-10-11-28-19-5-2-16(22)3-6-19/h2-3,5-6,12,14,18,23H,4,7-11,13H2,1H3/t18-/m0/s1. The van der Waals surface area contributed by atoms with Crippen molar-refractivity contribution in [1.29, 1.82) is 0 Å². The van der Waals surface area contributed by atoms with E-state index in [2.05, 4.69) is 27.0 Å². The van der Waals surface area contributed by atoms with Crippen LogP contribution in [0.5, 0.6) is 5.75 Å². The Balaban J connectivity index is 1.21. The minimum Gasteiger partial charge on any atom is -0.492 e. The van der Waals surface area contributed by atoms with Crippen LogP contribution in [0.15, 0.2) is 35.8 Å². The number of hydrogen-bond acceptors (Lipinski definition) is 5. The van der Waals surface area contributed by atoms with Crippen molar-refractivity contribution in [3.63, 3.8) is 0 Å². The van der Waals surface area contributed by atoms with Crippen LogP contribution in [0.4, 0.5) is 4.39 Å². The number of nitrogens with one attached hydrogen (secondary N) is 1. The van der Waals surface area contributed by atoms with E-state index in [1.165, 1.54) is 17.8 Å². The first-order valence-electron chi connectivity index (χ1n) is 9.91. The van der Waals surface area contributed by atoms with Gasteiger partial charge in [-0.2, -0.15) is 0 Å². The molecule has 2 aromatic heterocycles. The summed E-state index contributed by atoms with van der Waals surface area (Å²) in [6.45, 7) is 4.67. The first-order valence-corrected chi connectivity index (χ1v) is 10.8. The zero-order chi connectivity index (χ0) is 20.2. The van der Waals surface area contributed by atoms with Crippen LogP contribution in [-0.2, 0) is 11.3 Å². The maximum atomic E-state index is 12.9. The van der Waals surface area contributed by atoms with E-state index in [0.29, 0.717) is 31.9 Å². The van der Waals surface area contributed by atoms with Crippen LogP contribution in [0.25, 0.3) is 4.96 Å². The third-order valence-corrected chi connectivity index (χ3v) is 6.20. The molecule has 1 saturated heterocycles. The summed E-state index contributed by atoms with van der Waals surface area (Å²) in [4.78, 5) is 20.0. The van der Waals surface area contributed by atoms with Gasteiger partial charge in [-0.05, 0) is 50.6 Å². The zero-order valence-electron chi connectivity index (χ0n) is 16.4. The molecule has 0 bridgehead atoms. The lowest BCUT2D eigenvalue weighted by Crippen LogP contribution is -2.35. The number of hydrogen-bond donors (Lipinski definition) is 1. The molecule has 1 N–H and O–H groups in total. The normalized spacial score (nSPS) is 16.8. The number of rotatable bonds is 9. The fourth-order valence-electron chi connectivity index (χ4n) is 3.67. The Bertz CT molecular complexity index is 969. The Morgan fingerprint density at radius 2 is 2.14 bits per heavy atom. The van der Waals surface area contributed by atoms with Gasteiger partial charge in [0.1, 0.15) is 18.2 Å². The number of likely N-dealkylation sites (tertiary alicyclic amines) is 1. The highest BCUT2D eigenvalue weighted by molar-refractivity contribution is 7.15. The van der Waals surface area contributed by atoms with Crippen LogP contribution in [0.3, 0.4) is 0 Å². The average Bonchev–Trinajstić information content (AvgIpc) is 3.38. The third-order valence-electron chi connectivity index (χ3n) is 5.24. The Labute approximate surface area is 173 Å². The van der Waals surface area contributed by atoms with Crippen molar-refractivity contribution in [3.05, 3.63) is 53.0 Å². The molecule has 8 heteroatoms. The molecule has 0 saturated carbocycles. The van der Waals surface area contributed by atoms with Gasteiger partial charge in [0.25, 0.3) is 0 Å². The van der Waals surface area contributed by atoms with Crippen molar-refractivity contribution < 1.29 is 13.9 Å². The molecule has 1 aromatic carbocycles. The number of fused-ring (bicyclic) bond motifs is 1. The maximum absolute atomic E-state index is 12.9. The lowest BCUT2D eigenvalue weighted by Gasteiger charge is -2.24. The molecular formula is C21H25FN4O2S. The smallest absolute Gasteiger partial charge is 0.223 e. The van der Waals surface area contributed by atoms with E-state index >= 15 is 0 Å². The number of thiazole rings is 1. The number of ether oxygens (including phenoxy) is 1. The second-order valence-corrected chi connectivity index (χ2v) is 8.15. The molecule has 6 nitrogen and oxygen atoms in total. The molecule has 29 heavy (non-hydrogen) atoms. The number of aryl methyl sites for hydroxylation is 1. The van der Waals surface area contributed by atoms with E-state index in [9.17, 15) is 9.18 Å². The van der Waals surface area contributed by atoms with Crippen LogP contribution in [0.2, 0.25) is 0 Å². The molecule has 0 unspecified atom stereocenters. The number of amides is 1. The predicted molar refractivity (Wildman–Crippen MR) is 111 cm³/mol. The Morgan fingerprint density at radius 1 is 1.31 bits per heavy atom. The summed E-state index contributed by atoms with van der Waals surface area (Å²) in [5.74, 6) is 0.607. The predicted octanol–water partition coefficient (Wildman–Crippen LogP) is 3.39. The van der Waals surface area contributed by atoms with Gasteiger partial charge in [-0.25, -0.2) is 9.37 Å². The summed E-state index contributed by atoms with van der Waals surface area (Å²) in [5, 5.41) is 5.45. The molecule has 0 radical (unpaired) electrons. The molecule has 4 rings (SSSR count). The minimum absolute atomic E-state index is 0.211. The number of aromatic nitrogens is 2. The molecule has 154 valence electrons. The van der Waals surface area contributed by atoms with Crippen LogP contribution >= 0.6 is 11.3 Å². The Morgan fingerprint density at radius 3 is 2.93 bits per heavy atom. The van der Waals surface area contributed by atoms with E-state index in [1.807, 2.05) is 11.1 Å². The monoisotopic (exact) mass is 416 g/mol. The van der Waals surface area contributed by atoms with E-state index in [1.54, 1.807) is 23.5 Å². The van der Waals surface area contributed by atoms with Gasteiger partial charge in [0.2, 0.25) is 5.91 Å². The SMILES string of the molecule is Cc1csc2nc(CN3C(=O)CC[C@H]3CCNCCOc3ccc(F)cc3)cn12. The first-order chi connectivity index (χ1) is 14.1. The average molecular weight is 417 g/mol. The fraction of sp³-hybridized carbons (Fsp3) is 0.429. The number of imidazole rings is 1. The number of carbonyl (C=O) groups excluding carboxylic acids is 1. The van der Waals surface area contributed by atoms with Crippen LogP contribution < -0.4 is 10.1 Å². The van der Waals surface area contributed by atoms with Crippen LogP contribution in [-0.4, -0.2) is 45.9 Å². The number of nitrogens with zero attached hydrogens (tertiary/aromatic N) is 3. The highest BCUT2D eigenvalue weighted by atomic mass is 32.1. The van der Waals surface area contributed by atoms with Crippen molar-refractivity contribution in [2.75, 3.05) is 19.7 Å². The van der Waals surface area contributed by atoms with Gasteiger partial charge in [-0.15, -0.1) is 11.3 Å². The topological polar surface area (TPSA) is 58.9 Å². The van der Waals surface area contributed by atoms with Gasteiger partial charge in [-0.1, -0.05) is 0 Å². The number of carbonyl (C=O) groups is 1. The molecule has 3 aromatic rings. The minimum atomic E-state index is -0.267. The number of benzene rings is 1.